The Labute approximate surface area is 188 Å². The van der Waals surface area contributed by atoms with E-state index in [0.717, 1.165) is 16.7 Å². The highest BCUT2D eigenvalue weighted by atomic mass is 35.5. The molecule has 1 aliphatic heterocycles. The molecule has 1 saturated heterocycles. The van der Waals surface area contributed by atoms with Gasteiger partial charge in [0.2, 0.25) is 0 Å². The van der Waals surface area contributed by atoms with Gasteiger partial charge in [0.25, 0.3) is 11.7 Å². The second kappa shape index (κ2) is 9.15. The Balaban J connectivity index is 2.25. The summed E-state index contributed by atoms with van der Waals surface area (Å²) in [5.74, 6) is -0.977. The number of rotatable bonds is 6. The maximum absolute atomic E-state index is 13.1. The first kappa shape index (κ1) is 22.9. The van der Waals surface area contributed by atoms with Crippen LogP contribution in [0.4, 0.5) is 0 Å². The third kappa shape index (κ3) is 4.19. The fraction of sp³-hybridized carbons (Fsp3) is 0.360. The lowest BCUT2D eigenvalue weighted by Crippen LogP contribution is -2.30. The van der Waals surface area contributed by atoms with Crippen molar-refractivity contribution in [2.45, 2.75) is 46.1 Å². The first-order valence-corrected chi connectivity index (χ1v) is 10.8. The Morgan fingerprint density at radius 1 is 1.19 bits per heavy atom. The number of nitrogens with zero attached hydrogens (tertiary/aromatic N) is 1. The number of benzene rings is 2. The Hall–Kier alpha value is -2.79. The minimum atomic E-state index is -0.705. The van der Waals surface area contributed by atoms with Gasteiger partial charge in [-0.05, 0) is 48.1 Å². The number of amides is 1. The first-order chi connectivity index (χ1) is 14.7. The van der Waals surface area contributed by atoms with E-state index in [0.29, 0.717) is 29.5 Å². The van der Waals surface area contributed by atoms with E-state index >= 15 is 0 Å². The van der Waals surface area contributed by atoms with E-state index < -0.39 is 17.7 Å². The topological polar surface area (TPSA) is 66.8 Å². The minimum Gasteiger partial charge on any atom is -0.507 e. The number of ether oxygens (including phenoxy) is 1. The van der Waals surface area contributed by atoms with Crippen molar-refractivity contribution in [3.8, 4) is 5.75 Å². The molecular weight excluding hydrogens is 414 g/mol. The Bertz CT molecular complexity index is 1040. The highest BCUT2D eigenvalue weighted by Gasteiger charge is 2.46. The lowest BCUT2D eigenvalue weighted by atomic mass is 9.92. The SMILES string of the molecule is CCCN1C(=O)C(=O)/C(=C(/O)c2cc(C)cc(Cl)c2OC)C1c1ccc(C(C)C)cc1. The van der Waals surface area contributed by atoms with E-state index in [1.165, 1.54) is 12.0 Å². The summed E-state index contributed by atoms with van der Waals surface area (Å²) in [7, 11) is 1.45. The van der Waals surface area contributed by atoms with Crippen LogP contribution in [0.2, 0.25) is 5.02 Å². The molecule has 0 aromatic heterocycles. The second-order valence-electron chi connectivity index (χ2n) is 8.14. The third-order valence-corrected chi connectivity index (χ3v) is 5.85. The van der Waals surface area contributed by atoms with Gasteiger partial charge in [0, 0.05) is 6.54 Å². The predicted molar refractivity (Wildman–Crippen MR) is 123 cm³/mol. The lowest BCUT2D eigenvalue weighted by Gasteiger charge is -2.25. The zero-order chi connectivity index (χ0) is 22.9. The van der Waals surface area contributed by atoms with Crippen LogP contribution in [0, 0.1) is 6.92 Å². The van der Waals surface area contributed by atoms with Gasteiger partial charge < -0.3 is 14.7 Å². The summed E-state index contributed by atoms with van der Waals surface area (Å²) in [6.45, 7) is 8.39. The van der Waals surface area contributed by atoms with Crippen LogP contribution in [0.3, 0.4) is 0 Å². The zero-order valence-electron chi connectivity index (χ0n) is 18.5. The van der Waals surface area contributed by atoms with Crippen molar-refractivity contribution in [2.24, 2.45) is 0 Å². The second-order valence-corrected chi connectivity index (χ2v) is 8.55. The van der Waals surface area contributed by atoms with E-state index in [9.17, 15) is 14.7 Å². The Morgan fingerprint density at radius 2 is 1.84 bits per heavy atom. The van der Waals surface area contributed by atoms with Crippen LogP contribution >= 0.6 is 11.6 Å². The fourth-order valence-corrected chi connectivity index (χ4v) is 4.37. The van der Waals surface area contributed by atoms with Crippen molar-refractivity contribution in [2.75, 3.05) is 13.7 Å². The van der Waals surface area contributed by atoms with Crippen LogP contribution in [0.15, 0.2) is 42.0 Å². The van der Waals surface area contributed by atoms with Crippen molar-refractivity contribution < 1.29 is 19.4 Å². The van der Waals surface area contributed by atoms with Gasteiger partial charge in [-0.15, -0.1) is 0 Å². The summed E-state index contributed by atoms with van der Waals surface area (Å²) < 4.78 is 5.40. The smallest absolute Gasteiger partial charge is 0.295 e. The molecule has 0 radical (unpaired) electrons. The molecule has 0 saturated carbocycles. The molecule has 3 rings (SSSR count). The number of halogens is 1. The number of likely N-dealkylation sites (tertiary alicyclic amines) is 1. The number of carbonyl (C=O) groups is 2. The number of hydrogen-bond acceptors (Lipinski definition) is 4. The molecule has 1 fully saturated rings. The molecule has 6 heteroatoms. The van der Waals surface area contributed by atoms with Crippen molar-refractivity contribution in [1.82, 2.24) is 4.90 Å². The van der Waals surface area contributed by atoms with Crippen molar-refractivity contribution >= 4 is 29.1 Å². The summed E-state index contributed by atoms with van der Waals surface area (Å²) in [6, 6.07) is 10.6. The summed E-state index contributed by atoms with van der Waals surface area (Å²) in [6.07, 6.45) is 0.688. The maximum atomic E-state index is 13.1. The highest BCUT2D eigenvalue weighted by molar-refractivity contribution is 6.46. The molecule has 1 aliphatic rings. The van der Waals surface area contributed by atoms with E-state index in [1.54, 1.807) is 12.1 Å². The Kier molecular flexibility index (Phi) is 6.75. The predicted octanol–water partition coefficient (Wildman–Crippen LogP) is 5.61. The molecule has 164 valence electrons. The number of aliphatic hydroxyl groups excluding tert-OH is 1. The minimum absolute atomic E-state index is 0.0516. The number of methoxy groups -OCH3 is 1. The molecular formula is C25H28ClNO4. The van der Waals surface area contributed by atoms with Gasteiger partial charge in [0.15, 0.2) is 0 Å². The highest BCUT2D eigenvalue weighted by Crippen LogP contribution is 2.42. The monoisotopic (exact) mass is 441 g/mol. The van der Waals surface area contributed by atoms with Crippen LogP contribution in [0.25, 0.3) is 5.76 Å². The van der Waals surface area contributed by atoms with E-state index in [1.807, 2.05) is 38.1 Å². The van der Waals surface area contributed by atoms with Gasteiger partial charge in [-0.3, -0.25) is 9.59 Å². The number of aliphatic hydroxyl groups is 1. The lowest BCUT2D eigenvalue weighted by molar-refractivity contribution is -0.139. The first-order valence-electron chi connectivity index (χ1n) is 10.4. The largest absolute Gasteiger partial charge is 0.507 e. The summed E-state index contributed by atoms with van der Waals surface area (Å²) in [4.78, 5) is 27.4. The van der Waals surface area contributed by atoms with Gasteiger partial charge in [0.1, 0.15) is 11.5 Å². The molecule has 31 heavy (non-hydrogen) atoms. The van der Waals surface area contributed by atoms with Gasteiger partial charge >= 0.3 is 0 Å². The number of hydrogen-bond donors (Lipinski definition) is 1. The number of carbonyl (C=O) groups excluding carboxylic acids is 2. The average Bonchev–Trinajstić information content (AvgIpc) is 2.98. The summed E-state index contributed by atoms with van der Waals surface area (Å²) in [5, 5.41) is 11.6. The van der Waals surface area contributed by atoms with Crippen molar-refractivity contribution in [3.63, 3.8) is 0 Å². The Morgan fingerprint density at radius 3 is 2.39 bits per heavy atom. The molecule has 1 N–H and O–H groups in total. The normalized spacial score (nSPS) is 18.2. The summed E-state index contributed by atoms with van der Waals surface area (Å²) in [5.41, 5.74) is 3.08. The molecule has 1 amide bonds. The summed E-state index contributed by atoms with van der Waals surface area (Å²) >= 11 is 6.31. The molecule has 2 aromatic rings. The zero-order valence-corrected chi connectivity index (χ0v) is 19.3. The van der Waals surface area contributed by atoms with Crippen LogP contribution < -0.4 is 4.74 Å². The number of aryl methyl sites for hydroxylation is 1. The van der Waals surface area contributed by atoms with Gasteiger partial charge in [0.05, 0.1) is 29.3 Å². The van der Waals surface area contributed by atoms with Crippen LogP contribution in [-0.2, 0) is 9.59 Å². The third-order valence-electron chi connectivity index (χ3n) is 5.57. The van der Waals surface area contributed by atoms with Crippen molar-refractivity contribution in [1.29, 1.82) is 0 Å². The standard InChI is InChI=1S/C25H28ClNO4/c1-6-11-27-21(17-9-7-16(8-10-17)14(2)3)20(23(29)25(27)30)22(28)18-12-15(4)13-19(26)24(18)31-5/h7-10,12-14,21,28H,6,11H2,1-5H3/b22-20+. The van der Waals surface area contributed by atoms with Crippen LogP contribution in [0.5, 0.6) is 5.75 Å². The van der Waals surface area contributed by atoms with Gasteiger partial charge in [-0.2, -0.15) is 0 Å². The number of Topliss-reactive ketones (excluding diaryl/α,β-unsaturated/α-hetero) is 1. The van der Waals surface area contributed by atoms with Gasteiger partial charge in [-0.1, -0.05) is 56.6 Å². The van der Waals surface area contributed by atoms with Crippen molar-refractivity contribution in [3.05, 3.63) is 69.2 Å². The van der Waals surface area contributed by atoms with Crippen LogP contribution in [-0.4, -0.2) is 35.4 Å². The van der Waals surface area contributed by atoms with E-state index in [-0.39, 0.29) is 17.1 Å². The quantitative estimate of drug-likeness (QED) is 0.359. The fourth-order valence-electron chi connectivity index (χ4n) is 4.02. The van der Waals surface area contributed by atoms with E-state index in [4.69, 9.17) is 16.3 Å². The molecule has 0 spiro atoms. The molecule has 2 aromatic carbocycles. The van der Waals surface area contributed by atoms with Gasteiger partial charge in [-0.25, -0.2) is 0 Å². The molecule has 5 nitrogen and oxygen atoms in total. The molecule has 1 unspecified atom stereocenters. The average molecular weight is 442 g/mol. The molecule has 0 bridgehead atoms. The van der Waals surface area contributed by atoms with E-state index in [2.05, 4.69) is 13.8 Å². The maximum Gasteiger partial charge on any atom is 0.295 e. The molecule has 0 aliphatic carbocycles. The number of ketones is 1. The van der Waals surface area contributed by atoms with Crippen LogP contribution in [0.1, 0.15) is 61.4 Å². The molecule has 1 heterocycles. The molecule has 1 atom stereocenters.